The summed E-state index contributed by atoms with van der Waals surface area (Å²) in [7, 11) is 1.68. The molecule has 3 heterocycles. The number of oxazole rings is 1. The third-order valence-corrected chi connectivity index (χ3v) is 10.6. The maximum absolute atomic E-state index is 14.4. The molecule has 10 nitrogen and oxygen atoms in total. The summed E-state index contributed by atoms with van der Waals surface area (Å²) < 4.78 is 16.9. The van der Waals surface area contributed by atoms with Crippen molar-refractivity contribution in [2.24, 2.45) is 11.8 Å². The number of benzene rings is 1. The Kier molecular flexibility index (Phi) is 9.21. The predicted molar refractivity (Wildman–Crippen MR) is 176 cm³/mol. The van der Waals surface area contributed by atoms with E-state index < -0.39 is 6.10 Å². The molecule has 1 aliphatic heterocycles. The number of anilines is 1. The van der Waals surface area contributed by atoms with Crippen LogP contribution in [0, 0.1) is 18.8 Å². The van der Waals surface area contributed by atoms with Gasteiger partial charge in [0.15, 0.2) is 5.89 Å². The molecule has 47 heavy (non-hydrogen) atoms. The van der Waals surface area contributed by atoms with Gasteiger partial charge in [-0.3, -0.25) is 9.78 Å². The number of hydrogen-bond donors (Lipinski definition) is 1. The van der Waals surface area contributed by atoms with Crippen molar-refractivity contribution in [3.05, 3.63) is 59.9 Å². The van der Waals surface area contributed by atoms with Gasteiger partial charge in [0, 0.05) is 41.2 Å². The zero-order chi connectivity index (χ0) is 32.5. The second-order valence-electron chi connectivity index (χ2n) is 14.0. The van der Waals surface area contributed by atoms with Crippen LogP contribution in [0.5, 0.6) is 5.75 Å². The molecular weight excluding hydrogens is 596 g/mol. The summed E-state index contributed by atoms with van der Waals surface area (Å²) in [6, 6.07) is 12.3. The molecule has 0 unspecified atom stereocenters. The molecule has 3 aliphatic carbocycles. The molecule has 3 aromatic rings. The fourth-order valence-corrected chi connectivity index (χ4v) is 7.47. The molecule has 2 aromatic heterocycles. The topological polar surface area (TPSA) is 118 Å². The number of methoxy groups -OCH3 is 1. The number of likely N-dealkylation sites (tertiary alicyclic amines) is 1. The maximum Gasteiger partial charge on any atom is 0.410 e. The summed E-state index contributed by atoms with van der Waals surface area (Å²) in [5.41, 5.74) is 4.70. The van der Waals surface area contributed by atoms with E-state index in [4.69, 9.17) is 23.9 Å². The Labute approximate surface area is 276 Å². The maximum atomic E-state index is 14.4. The minimum atomic E-state index is -0.455. The number of β-amino-alcohol motifs (C(OH)–C–C–N with tert-alkyl or cyclic N) is 1. The van der Waals surface area contributed by atoms with Gasteiger partial charge in [-0.15, -0.1) is 0 Å². The normalized spacial score (nSPS) is 24.8. The van der Waals surface area contributed by atoms with Crippen molar-refractivity contribution in [2.45, 2.75) is 95.2 Å². The molecule has 1 aromatic carbocycles. The van der Waals surface area contributed by atoms with Gasteiger partial charge >= 0.3 is 6.09 Å². The van der Waals surface area contributed by atoms with Gasteiger partial charge in [0.1, 0.15) is 23.8 Å². The van der Waals surface area contributed by atoms with E-state index >= 15 is 0 Å². The summed E-state index contributed by atoms with van der Waals surface area (Å²) in [6.07, 6.45) is 9.80. The van der Waals surface area contributed by atoms with Gasteiger partial charge in [0.05, 0.1) is 32.0 Å². The molecule has 1 saturated heterocycles. The Morgan fingerprint density at radius 2 is 1.70 bits per heavy atom. The molecule has 250 valence electrons. The molecule has 10 heteroatoms. The third-order valence-electron chi connectivity index (χ3n) is 10.6. The van der Waals surface area contributed by atoms with Crippen molar-refractivity contribution >= 4 is 17.7 Å². The molecule has 0 radical (unpaired) electrons. The Hall–Kier alpha value is -3.92. The number of pyridine rings is 1. The van der Waals surface area contributed by atoms with Crippen LogP contribution in [-0.2, 0) is 9.53 Å². The van der Waals surface area contributed by atoms with Gasteiger partial charge in [0.2, 0.25) is 5.91 Å². The van der Waals surface area contributed by atoms with Crippen LogP contribution >= 0.6 is 0 Å². The van der Waals surface area contributed by atoms with Crippen molar-refractivity contribution in [3.8, 4) is 17.0 Å². The molecule has 0 spiro atoms. The smallest absolute Gasteiger partial charge is 0.410 e. The number of aliphatic hydroxyl groups is 1. The minimum absolute atomic E-state index is 0.129. The molecule has 0 bridgehead atoms. The number of carbonyl (C=O) groups excluding carboxylic acids is 2. The van der Waals surface area contributed by atoms with E-state index in [1.54, 1.807) is 13.4 Å². The van der Waals surface area contributed by atoms with Crippen LogP contribution in [0.1, 0.15) is 93.3 Å². The van der Waals surface area contributed by atoms with Crippen LogP contribution in [0.4, 0.5) is 10.5 Å². The summed E-state index contributed by atoms with van der Waals surface area (Å²) in [4.78, 5) is 39.9. The number of ether oxygens (including phenoxy) is 2. The average molecular weight is 643 g/mol. The largest absolute Gasteiger partial charge is 0.495 e. The van der Waals surface area contributed by atoms with Crippen molar-refractivity contribution in [3.63, 3.8) is 0 Å². The van der Waals surface area contributed by atoms with E-state index in [0.29, 0.717) is 63.1 Å². The lowest BCUT2D eigenvalue weighted by Crippen LogP contribution is -2.54. The van der Waals surface area contributed by atoms with E-state index in [0.717, 1.165) is 78.5 Å². The Bertz CT molecular complexity index is 1560. The fourth-order valence-electron chi connectivity index (χ4n) is 7.47. The van der Waals surface area contributed by atoms with Crippen molar-refractivity contribution in [2.75, 3.05) is 31.6 Å². The number of rotatable bonds is 9. The van der Waals surface area contributed by atoms with Crippen LogP contribution in [0.15, 0.2) is 47.1 Å². The first-order valence-electron chi connectivity index (χ1n) is 17.4. The van der Waals surface area contributed by atoms with Crippen LogP contribution in [0.3, 0.4) is 0 Å². The molecule has 4 aliphatic rings. The van der Waals surface area contributed by atoms with E-state index in [1.807, 2.05) is 36.1 Å². The monoisotopic (exact) mass is 642 g/mol. The van der Waals surface area contributed by atoms with Gasteiger partial charge in [-0.2, -0.15) is 0 Å². The zero-order valence-electron chi connectivity index (χ0n) is 27.5. The molecule has 7 rings (SSSR count). The van der Waals surface area contributed by atoms with E-state index in [-0.39, 0.29) is 24.0 Å². The van der Waals surface area contributed by atoms with Crippen LogP contribution < -0.4 is 9.64 Å². The fraction of sp³-hybridized carbons (Fsp3) is 0.568. The second-order valence-corrected chi connectivity index (χ2v) is 14.0. The highest BCUT2D eigenvalue weighted by Crippen LogP contribution is 2.41. The molecule has 4 fully saturated rings. The molecule has 3 saturated carbocycles. The summed E-state index contributed by atoms with van der Waals surface area (Å²) in [5, 5.41) is 9.53. The number of aromatic nitrogens is 2. The first-order chi connectivity index (χ1) is 22.8. The number of aliphatic hydroxyl groups excluding tert-OH is 1. The standard InChI is InChI=1S/C37H46N4O6/c1-23-34(45-2)17-16-32(38-23)25-8-6-24(7-9-25)19-41(29-5-3-4-28(18-29)33-22-46-35(39-33)26-10-11-26)36(43)27-12-14-31(15-13-27)47-37(44)40-20-30(42)21-40/h3-5,16-18,22,24-27,30-31,42H,6-15,19-21H2,1-2H3/t24-,25-,27-,31-. The van der Waals surface area contributed by atoms with Crippen LogP contribution in [0.25, 0.3) is 11.3 Å². The average Bonchev–Trinajstić information content (AvgIpc) is 3.81. The summed E-state index contributed by atoms with van der Waals surface area (Å²) in [6.45, 7) is 3.32. The zero-order valence-corrected chi connectivity index (χ0v) is 27.5. The Balaban J connectivity index is 1.04. The van der Waals surface area contributed by atoms with Gasteiger partial charge < -0.3 is 28.8 Å². The van der Waals surface area contributed by atoms with Crippen LogP contribution in [0.2, 0.25) is 0 Å². The lowest BCUT2D eigenvalue weighted by Gasteiger charge is -2.38. The lowest BCUT2D eigenvalue weighted by molar-refractivity contribution is -0.124. The van der Waals surface area contributed by atoms with Gasteiger partial charge in [-0.05, 0) is 101 Å². The Morgan fingerprint density at radius 1 is 0.957 bits per heavy atom. The van der Waals surface area contributed by atoms with Crippen molar-refractivity contribution in [1.82, 2.24) is 14.9 Å². The van der Waals surface area contributed by atoms with Crippen LogP contribution in [-0.4, -0.2) is 70.9 Å². The predicted octanol–water partition coefficient (Wildman–Crippen LogP) is 6.61. The second kappa shape index (κ2) is 13.7. The van der Waals surface area contributed by atoms with E-state index in [2.05, 4.69) is 12.1 Å². The van der Waals surface area contributed by atoms with E-state index in [1.165, 1.54) is 4.90 Å². The Morgan fingerprint density at radius 3 is 2.38 bits per heavy atom. The van der Waals surface area contributed by atoms with Crippen molar-refractivity contribution in [1.29, 1.82) is 0 Å². The molecular formula is C37H46N4O6. The highest BCUT2D eigenvalue weighted by Gasteiger charge is 2.36. The number of nitrogens with zero attached hydrogens (tertiary/aromatic N) is 4. The number of hydrogen-bond acceptors (Lipinski definition) is 8. The van der Waals surface area contributed by atoms with Crippen molar-refractivity contribution < 1.29 is 28.6 Å². The SMILES string of the molecule is COc1ccc([C@H]2CC[C@H](CN(c3cccc(-c4coc(C5CC5)n4)c3)C(=O)[C@H]3CC[C@H](OC(=O)N4CC(O)C4)CC3)CC2)nc1C. The molecule has 1 N–H and O–H groups in total. The lowest BCUT2D eigenvalue weighted by atomic mass is 9.79. The first kappa shape index (κ1) is 31.7. The minimum Gasteiger partial charge on any atom is -0.495 e. The molecule has 0 atom stereocenters. The number of amides is 2. The van der Waals surface area contributed by atoms with E-state index in [9.17, 15) is 14.7 Å². The summed E-state index contributed by atoms with van der Waals surface area (Å²) in [5.74, 6) is 2.87. The summed E-state index contributed by atoms with van der Waals surface area (Å²) >= 11 is 0. The molecule has 2 amide bonds. The van der Waals surface area contributed by atoms with Gasteiger partial charge in [0.25, 0.3) is 0 Å². The van der Waals surface area contributed by atoms with Gasteiger partial charge in [-0.25, -0.2) is 9.78 Å². The quantitative estimate of drug-likeness (QED) is 0.277. The first-order valence-corrected chi connectivity index (χ1v) is 17.4. The third kappa shape index (κ3) is 7.17. The highest BCUT2D eigenvalue weighted by molar-refractivity contribution is 5.95. The number of aryl methyl sites for hydroxylation is 1. The van der Waals surface area contributed by atoms with Gasteiger partial charge in [-0.1, -0.05) is 12.1 Å². The number of carbonyl (C=O) groups is 2. The highest BCUT2D eigenvalue weighted by atomic mass is 16.6.